The first kappa shape index (κ1) is 12.1. The summed E-state index contributed by atoms with van der Waals surface area (Å²) < 4.78 is 0. The molecule has 17 heavy (non-hydrogen) atoms. The van der Waals surface area contributed by atoms with E-state index in [9.17, 15) is 4.79 Å². The number of nitrogens with zero attached hydrogens (tertiary/aromatic N) is 1. The zero-order valence-corrected chi connectivity index (χ0v) is 10.8. The number of aromatic nitrogens is 2. The first-order chi connectivity index (χ1) is 7.97. The molecule has 0 aliphatic heterocycles. The molecule has 0 amide bonds. The number of H-pyrrole nitrogens is 1. The molecule has 3 heteroatoms. The number of rotatable bonds is 1. The predicted octanol–water partition coefficient (Wildman–Crippen LogP) is 3.02. The summed E-state index contributed by atoms with van der Waals surface area (Å²) in [4.78, 5) is 19.1. The molecule has 1 N–H and O–H groups in total. The van der Waals surface area contributed by atoms with Crippen LogP contribution < -0.4 is 5.56 Å². The van der Waals surface area contributed by atoms with Crippen molar-refractivity contribution in [3.8, 4) is 0 Å². The summed E-state index contributed by atoms with van der Waals surface area (Å²) in [6, 6.07) is 1.62. The maximum Gasteiger partial charge on any atom is 0.251 e. The standard InChI is InChI=1S/C14H20N2O/c1-14(2,3)13-15-11(9-12(17)16-13)10-7-5-4-6-8-10/h7,9H,4-6,8H2,1-3H3,(H,15,16,17). The van der Waals surface area contributed by atoms with Gasteiger partial charge in [-0.3, -0.25) is 4.79 Å². The predicted molar refractivity (Wildman–Crippen MR) is 70.0 cm³/mol. The van der Waals surface area contributed by atoms with Gasteiger partial charge >= 0.3 is 0 Å². The molecule has 3 nitrogen and oxygen atoms in total. The lowest BCUT2D eigenvalue weighted by Gasteiger charge is -2.19. The van der Waals surface area contributed by atoms with Gasteiger partial charge < -0.3 is 4.98 Å². The lowest BCUT2D eigenvalue weighted by molar-refractivity contribution is 0.541. The number of nitrogens with one attached hydrogen (secondary N) is 1. The third-order valence-corrected chi connectivity index (χ3v) is 3.07. The summed E-state index contributed by atoms with van der Waals surface area (Å²) in [6.45, 7) is 6.18. The molecule has 92 valence electrons. The van der Waals surface area contributed by atoms with E-state index in [0.717, 1.165) is 24.4 Å². The van der Waals surface area contributed by atoms with Crippen molar-refractivity contribution in [2.75, 3.05) is 0 Å². The van der Waals surface area contributed by atoms with Gasteiger partial charge in [-0.05, 0) is 31.3 Å². The van der Waals surface area contributed by atoms with Crippen molar-refractivity contribution in [2.45, 2.75) is 51.9 Å². The fourth-order valence-electron chi connectivity index (χ4n) is 2.05. The molecule has 0 unspecified atom stereocenters. The van der Waals surface area contributed by atoms with Crippen molar-refractivity contribution in [3.05, 3.63) is 34.0 Å². The highest BCUT2D eigenvalue weighted by atomic mass is 16.1. The second-order valence-corrected chi connectivity index (χ2v) is 5.70. The van der Waals surface area contributed by atoms with Crippen molar-refractivity contribution < 1.29 is 0 Å². The van der Waals surface area contributed by atoms with E-state index in [0.29, 0.717) is 0 Å². The summed E-state index contributed by atoms with van der Waals surface area (Å²) in [5, 5.41) is 0. The first-order valence-corrected chi connectivity index (χ1v) is 6.28. The highest BCUT2D eigenvalue weighted by molar-refractivity contribution is 5.62. The molecule has 0 fully saturated rings. The van der Waals surface area contributed by atoms with Gasteiger partial charge in [-0.1, -0.05) is 26.8 Å². The minimum absolute atomic E-state index is 0.0496. The molecule has 1 aliphatic carbocycles. The average molecular weight is 232 g/mol. The highest BCUT2D eigenvalue weighted by Gasteiger charge is 2.18. The second-order valence-electron chi connectivity index (χ2n) is 5.70. The van der Waals surface area contributed by atoms with E-state index in [1.807, 2.05) is 0 Å². The van der Waals surface area contributed by atoms with Crippen molar-refractivity contribution in [2.24, 2.45) is 0 Å². The third kappa shape index (κ3) is 2.84. The topological polar surface area (TPSA) is 45.8 Å². The Morgan fingerprint density at radius 3 is 2.65 bits per heavy atom. The van der Waals surface area contributed by atoms with Crippen LogP contribution in [0.1, 0.15) is 58.0 Å². The fourth-order valence-corrected chi connectivity index (χ4v) is 2.05. The Morgan fingerprint density at radius 2 is 2.06 bits per heavy atom. The summed E-state index contributed by atoms with van der Waals surface area (Å²) in [7, 11) is 0. The maximum absolute atomic E-state index is 11.7. The Morgan fingerprint density at radius 1 is 1.29 bits per heavy atom. The molecule has 0 spiro atoms. The zero-order valence-electron chi connectivity index (χ0n) is 10.8. The van der Waals surface area contributed by atoms with Gasteiger partial charge in [0.25, 0.3) is 5.56 Å². The zero-order chi connectivity index (χ0) is 12.5. The van der Waals surface area contributed by atoms with Gasteiger partial charge in [-0.25, -0.2) is 4.98 Å². The molecule has 1 aliphatic rings. The molecule has 1 aromatic heterocycles. The normalized spacial score (nSPS) is 16.8. The quantitative estimate of drug-likeness (QED) is 0.809. The SMILES string of the molecule is CC(C)(C)c1nc(C2=CCCCC2)cc(=O)[nH]1. The van der Waals surface area contributed by atoms with E-state index in [4.69, 9.17) is 0 Å². The lowest BCUT2D eigenvalue weighted by atomic mass is 9.94. The van der Waals surface area contributed by atoms with E-state index in [2.05, 4.69) is 36.8 Å². The van der Waals surface area contributed by atoms with E-state index >= 15 is 0 Å². The Kier molecular flexibility index (Phi) is 3.18. The van der Waals surface area contributed by atoms with Gasteiger partial charge in [0, 0.05) is 11.5 Å². The smallest absolute Gasteiger partial charge is 0.251 e. The van der Waals surface area contributed by atoms with E-state index in [-0.39, 0.29) is 11.0 Å². The van der Waals surface area contributed by atoms with Gasteiger partial charge in [0.2, 0.25) is 0 Å². The summed E-state index contributed by atoms with van der Waals surface area (Å²) in [5.74, 6) is 0.770. The van der Waals surface area contributed by atoms with Crippen LogP contribution in [0.2, 0.25) is 0 Å². The van der Waals surface area contributed by atoms with E-state index in [1.54, 1.807) is 6.07 Å². The summed E-state index contributed by atoms with van der Waals surface area (Å²) in [6.07, 6.45) is 6.82. The minimum Gasteiger partial charge on any atom is -0.310 e. The number of aromatic amines is 1. The van der Waals surface area contributed by atoms with Gasteiger partial charge in [-0.15, -0.1) is 0 Å². The summed E-state index contributed by atoms with van der Waals surface area (Å²) >= 11 is 0. The maximum atomic E-state index is 11.7. The van der Waals surface area contributed by atoms with Crippen molar-refractivity contribution in [1.82, 2.24) is 9.97 Å². The average Bonchev–Trinajstić information content (AvgIpc) is 2.28. The van der Waals surface area contributed by atoms with Gasteiger partial charge in [0.05, 0.1) is 5.69 Å². The number of allylic oxidation sites excluding steroid dienone is 2. The molecular formula is C14H20N2O. The first-order valence-electron chi connectivity index (χ1n) is 6.28. The molecule has 0 saturated heterocycles. The Labute approximate surface area is 102 Å². The van der Waals surface area contributed by atoms with Crippen LogP contribution >= 0.6 is 0 Å². The molecule has 0 bridgehead atoms. The van der Waals surface area contributed by atoms with Gasteiger partial charge in [0.15, 0.2) is 0 Å². The van der Waals surface area contributed by atoms with Crippen LogP contribution in [0.3, 0.4) is 0 Å². The lowest BCUT2D eigenvalue weighted by Crippen LogP contribution is -2.22. The molecular weight excluding hydrogens is 212 g/mol. The van der Waals surface area contributed by atoms with Crippen LogP contribution in [-0.2, 0) is 5.41 Å². The van der Waals surface area contributed by atoms with Gasteiger partial charge in [0.1, 0.15) is 5.82 Å². The van der Waals surface area contributed by atoms with Crippen LogP contribution in [0, 0.1) is 0 Å². The van der Waals surface area contributed by atoms with Crippen LogP contribution in [0.15, 0.2) is 16.9 Å². The van der Waals surface area contributed by atoms with Crippen LogP contribution in [0.4, 0.5) is 0 Å². The Bertz CT molecular complexity index is 492. The Balaban J connectivity index is 2.45. The summed E-state index contributed by atoms with van der Waals surface area (Å²) in [5.41, 5.74) is 1.92. The molecule has 0 radical (unpaired) electrons. The monoisotopic (exact) mass is 232 g/mol. The molecule has 1 aromatic rings. The van der Waals surface area contributed by atoms with Crippen molar-refractivity contribution >= 4 is 5.57 Å². The molecule has 0 aromatic carbocycles. The molecule has 1 heterocycles. The van der Waals surface area contributed by atoms with Crippen molar-refractivity contribution in [1.29, 1.82) is 0 Å². The Hall–Kier alpha value is -1.38. The fraction of sp³-hybridized carbons (Fsp3) is 0.571. The van der Waals surface area contributed by atoms with Gasteiger partial charge in [-0.2, -0.15) is 0 Å². The van der Waals surface area contributed by atoms with Crippen LogP contribution in [0.25, 0.3) is 5.57 Å². The van der Waals surface area contributed by atoms with E-state index in [1.165, 1.54) is 18.4 Å². The van der Waals surface area contributed by atoms with Crippen LogP contribution in [0.5, 0.6) is 0 Å². The highest BCUT2D eigenvalue weighted by Crippen LogP contribution is 2.26. The molecule has 0 saturated carbocycles. The second kappa shape index (κ2) is 4.47. The largest absolute Gasteiger partial charge is 0.310 e. The third-order valence-electron chi connectivity index (χ3n) is 3.07. The van der Waals surface area contributed by atoms with E-state index < -0.39 is 0 Å². The van der Waals surface area contributed by atoms with Crippen molar-refractivity contribution in [3.63, 3.8) is 0 Å². The minimum atomic E-state index is -0.121. The number of hydrogen-bond donors (Lipinski definition) is 1. The number of hydrogen-bond acceptors (Lipinski definition) is 2. The van der Waals surface area contributed by atoms with Crippen LogP contribution in [-0.4, -0.2) is 9.97 Å². The molecule has 0 atom stereocenters. The molecule has 2 rings (SSSR count).